The summed E-state index contributed by atoms with van der Waals surface area (Å²) in [5.74, 6) is 0. The summed E-state index contributed by atoms with van der Waals surface area (Å²) < 4.78 is 11.2. The van der Waals surface area contributed by atoms with Gasteiger partial charge in [-0.25, -0.2) is 0 Å². The van der Waals surface area contributed by atoms with Crippen molar-refractivity contribution in [3.05, 3.63) is 0 Å². The lowest BCUT2D eigenvalue weighted by Crippen LogP contribution is -2.49. The van der Waals surface area contributed by atoms with Crippen molar-refractivity contribution < 1.29 is 9.47 Å². The molecule has 15 heavy (non-hydrogen) atoms. The van der Waals surface area contributed by atoms with Gasteiger partial charge < -0.3 is 15.2 Å². The summed E-state index contributed by atoms with van der Waals surface area (Å²) in [5, 5.41) is 0. The molecule has 90 valence electrons. The third kappa shape index (κ3) is 4.47. The molecule has 0 radical (unpaired) electrons. The maximum atomic E-state index is 5.68. The molecule has 1 aliphatic heterocycles. The molecule has 0 aromatic heterocycles. The van der Waals surface area contributed by atoms with E-state index in [0.29, 0.717) is 18.8 Å². The second-order valence-corrected chi connectivity index (χ2v) is 4.29. The number of nitrogens with two attached hydrogens (primary N) is 1. The van der Waals surface area contributed by atoms with Gasteiger partial charge in [0.05, 0.1) is 18.3 Å². The molecule has 0 saturated carbocycles. The predicted molar refractivity (Wildman–Crippen MR) is 60.9 cm³/mol. The third-order valence-electron chi connectivity index (χ3n) is 2.62. The summed E-state index contributed by atoms with van der Waals surface area (Å²) in [4.78, 5) is 2.38. The Morgan fingerprint density at radius 3 is 2.47 bits per heavy atom. The summed E-state index contributed by atoms with van der Waals surface area (Å²) in [5.41, 5.74) is 5.66. The van der Waals surface area contributed by atoms with Gasteiger partial charge in [-0.2, -0.15) is 0 Å². The van der Waals surface area contributed by atoms with E-state index in [2.05, 4.69) is 18.7 Å². The van der Waals surface area contributed by atoms with E-state index in [1.165, 1.54) is 0 Å². The zero-order valence-electron chi connectivity index (χ0n) is 10.1. The van der Waals surface area contributed by atoms with Crippen molar-refractivity contribution in [2.75, 3.05) is 32.8 Å². The molecule has 0 spiro atoms. The first-order valence-electron chi connectivity index (χ1n) is 5.85. The number of ether oxygens (including phenoxy) is 2. The minimum Gasteiger partial charge on any atom is -0.376 e. The van der Waals surface area contributed by atoms with Crippen LogP contribution in [0.2, 0.25) is 0 Å². The van der Waals surface area contributed by atoms with Crippen molar-refractivity contribution in [3.8, 4) is 0 Å². The van der Waals surface area contributed by atoms with Gasteiger partial charge in [0, 0.05) is 32.8 Å². The first-order chi connectivity index (χ1) is 7.15. The van der Waals surface area contributed by atoms with Crippen LogP contribution in [0.5, 0.6) is 0 Å². The Hall–Kier alpha value is -0.160. The first-order valence-corrected chi connectivity index (χ1v) is 5.85. The van der Waals surface area contributed by atoms with Crippen molar-refractivity contribution >= 4 is 0 Å². The van der Waals surface area contributed by atoms with Gasteiger partial charge in [-0.3, -0.25) is 4.90 Å². The van der Waals surface area contributed by atoms with E-state index in [-0.39, 0.29) is 6.10 Å². The van der Waals surface area contributed by atoms with Crippen LogP contribution in [-0.4, -0.2) is 56.0 Å². The van der Waals surface area contributed by atoms with Gasteiger partial charge in [0.15, 0.2) is 0 Å². The van der Waals surface area contributed by atoms with Crippen LogP contribution >= 0.6 is 0 Å². The van der Waals surface area contributed by atoms with Gasteiger partial charge in [-0.15, -0.1) is 0 Å². The second-order valence-electron chi connectivity index (χ2n) is 4.29. The molecule has 1 unspecified atom stereocenters. The van der Waals surface area contributed by atoms with E-state index < -0.39 is 0 Å². The maximum Gasteiger partial charge on any atom is 0.0823 e. The predicted octanol–water partition coefficient (Wildman–Crippen LogP) is 0.459. The average Bonchev–Trinajstić information content (AvgIpc) is 2.15. The largest absolute Gasteiger partial charge is 0.376 e. The topological polar surface area (TPSA) is 47.7 Å². The van der Waals surface area contributed by atoms with Gasteiger partial charge in [0.25, 0.3) is 0 Å². The molecule has 0 aromatic rings. The van der Waals surface area contributed by atoms with Crippen LogP contribution in [0.25, 0.3) is 0 Å². The fourth-order valence-corrected chi connectivity index (χ4v) is 2.15. The van der Waals surface area contributed by atoms with Gasteiger partial charge >= 0.3 is 0 Å². The first kappa shape index (κ1) is 12.9. The summed E-state index contributed by atoms with van der Waals surface area (Å²) in [6, 6.07) is 0. The Morgan fingerprint density at radius 2 is 2.00 bits per heavy atom. The molecule has 4 heteroatoms. The molecule has 0 amide bonds. The van der Waals surface area contributed by atoms with Crippen LogP contribution in [-0.2, 0) is 9.47 Å². The van der Waals surface area contributed by atoms with E-state index in [1.54, 1.807) is 0 Å². The van der Waals surface area contributed by atoms with Gasteiger partial charge in [0.1, 0.15) is 0 Å². The summed E-state index contributed by atoms with van der Waals surface area (Å²) in [6.07, 6.45) is 0.787. The maximum absolute atomic E-state index is 5.68. The van der Waals surface area contributed by atoms with Crippen molar-refractivity contribution in [1.29, 1.82) is 0 Å². The number of morpholine rings is 1. The highest BCUT2D eigenvalue weighted by Gasteiger charge is 2.23. The van der Waals surface area contributed by atoms with Gasteiger partial charge in [-0.05, 0) is 20.8 Å². The van der Waals surface area contributed by atoms with Crippen molar-refractivity contribution in [2.24, 2.45) is 5.73 Å². The lowest BCUT2D eigenvalue weighted by molar-refractivity contribution is -0.0807. The normalized spacial score (nSPS) is 30.4. The van der Waals surface area contributed by atoms with Crippen LogP contribution < -0.4 is 5.73 Å². The molecule has 3 atom stereocenters. The molecule has 1 saturated heterocycles. The van der Waals surface area contributed by atoms with E-state index in [1.807, 2.05) is 6.92 Å². The van der Waals surface area contributed by atoms with Crippen LogP contribution in [0, 0.1) is 0 Å². The number of nitrogens with zero attached hydrogens (tertiary/aromatic N) is 1. The Balaban J connectivity index is 2.35. The lowest BCUT2D eigenvalue weighted by atomic mass is 10.2. The molecule has 1 aliphatic rings. The Bertz CT molecular complexity index is 168. The molecular weight excluding hydrogens is 192 g/mol. The second kappa shape index (κ2) is 6.43. The molecule has 2 N–H and O–H groups in total. The quantitative estimate of drug-likeness (QED) is 0.725. The molecule has 4 nitrogen and oxygen atoms in total. The van der Waals surface area contributed by atoms with Crippen molar-refractivity contribution in [2.45, 2.75) is 39.1 Å². The fraction of sp³-hybridized carbons (Fsp3) is 1.00. The zero-order valence-corrected chi connectivity index (χ0v) is 10.1. The number of hydrogen-bond donors (Lipinski definition) is 1. The Morgan fingerprint density at radius 1 is 1.40 bits per heavy atom. The fourth-order valence-electron chi connectivity index (χ4n) is 2.15. The van der Waals surface area contributed by atoms with Crippen molar-refractivity contribution in [3.63, 3.8) is 0 Å². The van der Waals surface area contributed by atoms with E-state index >= 15 is 0 Å². The third-order valence-corrected chi connectivity index (χ3v) is 2.62. The van der Waals surface area contributed by atoms with Crippen LogP contribution in [0.1, 0.15) is 20.8 Å². The van der Waals surface area contributed by atoms with Gasteiger partial charge in [0.2, 0.25) is 0 Å². The average molecular weight is 216 g/mol. The van der Waals surface area contributed by atoms with Crippen LogP contribution in [0.3, 0.4) is 0 Å². The number of rotatable bonds is 5. The smallest absolute Gasteiger partial charge is 0.0823 e. The highest BCUT2D eigenvalue weighted by atomic mass is 16.5. The summed E-state index contributed by atoms with van der Waals surface area (Å²) >= 11 is 0. The molecule has 1 heterocycles. The monoisotopic (exact) mass is 216 g/mol. The highest BCUT2D eigenvalue weighted by Crippen LogP contribution is 2.11. The van der Waals surface area contributed by atoms with Crippen LogP contribution in [0.15, 0.2) is 0 Å². The zero-order chi connectivity index (χ0) is 11.3. The summed E-state index contributed by atoms with van der Waals surface area (Å²) in [6.45, 7) is 10.4. The van der Waals surface area contributed by atoms with Gasteiger partial charge in [-0.1, -0.05) is 0 Å². The van der Waals surface area contributed by atoms with E-state index in [9.17, 15) is 0 Å². The standard InChI is InChI=1S/C11H24N2O2/c1-4-14-11(5-12)8-13-6-9(2)15-10(3)7-13/h9-11H,4-8,12H2,1-3H3/t9-,10+,11?. The van der Waals surface area contributed by atoms with E-state index in [0.717, 1.165) is 26.2 Å². The van der Waals surface area contributed by atoms with E-state index in [4.69, 9.17) is 15.2 Å². The van der Waals surface area contributed by atoms with Crippen LogP contribution in [0.4, 0.5) is 0 Å². The Labute approximate surface area is 92.7 Å². The lowest BCUT2D eigenvalue weighted by Gasteiger charge is -2.36. The number of hydrogen-bond acceptors (Lipinski definition) is 4. The minimum absolute atomic E-state index is 0.160. The van der Waals surface area contributed by atoms with Crippen molar-refractivity contribution in [1.82, 2.24) is 4.90 Å². The molecule has 0 bridgehead atoms. The molecule has 0 aliphatic carbocycles. The Kier molecular flexibility index (Phi) is 5.53. The molecular formula is C11H24N2O2. The highest BCUT2D eigenvalue weighted by molar-refractivity contribution is 4.76. The molecule has 0 aromatic carbocycles. The molecule has 1 rings (SSSR count). The summed E-state index contributed by atoms with van der Waals surface area (Å²) in [7, 11) is 0. The SMILES string of the molecule is CCOC(CN)CN1C[C@@H](C)O[C@@H](C)C1. The molecule has 1 fully saturated rings. The minimum atomic E-state index is 0.160.